The van der Waals surface area contributed by atoms with Gasteiger partial charge < -0.3 is 147 Å². The van der Waals surface area contributed by atoms with Gasteiger partial charge in [0.25, 0.3) is 0 Å². The Morgan fingerprint density at radius 3 is 0.447 bits per heavy atom. The molecule has 0 aromatic carbocycles. The van der Waals surface area contributed by atoms with Gasteiger partial charge in [0.2, 0.25) is 0 Å². The Labute approximate surface area is 616 Å². The van der Waals surface area contributed by atoms with Crippen molar-refractivity contribution in [3.8, 4) is 0 Å². The molecule has 0 bridgehead atoms. The van der Waals surface area contributed by atoms with E-state index in [2.05, 4.69) is 24.5 Å². The molecule has 0 aliphatic heterocycles. The van der Waals surface area contributed by atoms with Crippen LogP contribution in [-0.4, -0.2) is 413 Å². The monoisotopic (exact) mass is 1520 g/mol. The first kappa shape index (κ1) is 104. The number of aliphatic hydroxyl groups is 1. The summed E-state index contributed by atoms with van der Waals surface area (Å²) < 4.78 is 159. The van der Waals surface area contributed by atoms with Crippen molar-refractivity contribution in [1.82, 2.24) is 0 Å². The standard InChI is InChI=1S/C36H66O18.C27H56O14.C5H7ClO2/c1-3-35(37)53-33-31-51-29-27-49-25-23-47-21-19-45-17-15-43-13-11-41-9-7-39-5-6-40-8-10-42-12-14-44-16-18-46-20-22-48-24-26-50-28-30-52-32-34-54-36(38)4-2;1-29-4-5-31-8-9-33-12-13-35-16-17-37-20-21-39-24-25-41-27-26-40-23-22-38-19-18-36-15-14-34-11-10-32-7-6-30-3-2-28;1-2-5(7)8-4-3-6/h3-4H,1-2,5-34H2;28H,2-27H2,1H3;2H,1,3-4H2. The van der Waals surface area contributed by atoms with E-state index >= 15 is 0 Å². The molecule has 0 rings (SSSR count). The van der Waals surface area contributed by atoms with E-state index in [1.54, 1.807) is 7.11 Å². The van der Waals surface area contributed by atoms with Gasteiger partial charge in [-0.2, -0.15) is 0 Å². The quantitative estimate of drug-likeness (QED) is 0.0296. The predicted octanol–water partition coefficient (Wildman–Crippen LogP) is 1.46. The number of hydrogen-bond donors (Lipinski definition) is 1. The minimum absolute atomic E-state index is 0.0256. The summed E-state index contributed by atoms with van der Waals surface area (Å²) in [5.74, 6) is -1.02. The molecule has 0 atom stereocenters. The summed E-state index contributed by atoms with van der Waals surface area (Å²) >= 11 is 5.19. The molecule has 34 nitrogen and oxygen atoms in total. The predicted molar refractivity (Wildman–Crippen MR) is 374 cm³/mol. The molecular formula is C68H129ClO34. The van der Waals surface area contributed by atoms with E-state index in [4.69, 9.17) is 154 Å². The third-order valence-corrected chi connectivity index (χ3v) is 11.5. The normalized spacial score (nSPS) is 11.1. The average Bonchev–Trinajstić information content (AvgIpc) is 3.78. The number of hydrogen-bond acceptors (Lipinski definition) is 34. The molecule has 0 spiro atoms. The Kier molecular flexibility index (Phi) is 102. The number of ether oxygens (including phenoxy) is 30. The number of halogens is 1. The molecular weight excluding hydrogens is 1400 g/mol. The highest BCUT2D eigenvalue weighted by Gasteiger charge is 2.03. The minimum Gasteiger partial charge on any atom is -0.461 e. The van der Waals surface area contributed by atoms with Crippen molar-refractivity contribution in [3.05, 3.63) is 38.0 Å². The van der Waals surface area contributed by atoms with Crippen LogP contribution in [0.4, 0.5) is 0 Å². The van der Waals surface area contributed by atoms with Crippen LogP contribution in [-0.2, 0) is 156 Å². The van der Waals surface area contributed by atoms with Crippen molar-refractivity contribution in [2.24, 2.45) is 0 Å². The number of methoxy groups -OCH3 is 1. The molecule has 0 saturated carbocycles. The Balaban J connectivity index is -0.00000180. The van der Waals surface area contributed by atoms with Crippen molar-refractivity contribution < 1.29 is 162 Å². The first-order chi connectivity index (χ1) is 50.9. The molecule has 0 radical (unpaired) electrons. The molecule has 0 aromatic heterocycles. The zero-order valence-corrected chi connectivity index (χ0v) is 62.4. The fourth-order valence-electron chi connectivity index (χ4n) is 6.41. The number of alkyl halides is 1. The molecule has 1 N–H and O–H groups in total. The highest BCUT2D eigenvalue weighted by atomic mass is 35.5. The summed E-state index contributed by atoms with van der Waals surface area (Å²) in [7, 11) is 1.64. The van der Waals surface area contributed by atoms with Crippen LogP contribution in [0, 0.1) is 0 Å². The smallest absolute Gasteiger partial charge is 0.330 e. The van der Waals surface area contributed by atoms with Gasteiger partial charge in [0.15, 0.2) is 0 Å². The molecule has 0 aliphatic rings. The van der Waals surface area contributed by atoms with E-state index in [0.717, 1.165) is 18.2 Å². The van der Waals surface area contributed by atoms with Crippen LogP contribution in [0.25, 0.3) is 0 Å². The molecule has 103 heavy (non-hydrogen) atoms. The molecule has 35 heteroatoms. The number of carbonyl (C=O) groups is 3. The van der Waals surface area contributed by atoms with Gasteiger partial charge in [0.1, 0.15) is 19.8 Å². The van der Waals surface area contributed by atoms with Gasteiger partial charge in [-0.15, -0.1) is 11.6 Å². The lowest BCUT2D eigenvalue weighted by Crippen LogP contribution is -2.16. The summed E-state index contributed by atoms with van der Waals surface area (Å²) in [4.78, 5) is 31.9. The van der Waals surface area contributed by atoms with Crippen LogP contribution < -0.4 is 0 Å². The van der Waals surface area contributed by atoms with Crippen LogP contribution in [0.5, 0.6) is 0 Å². The summed E-state index contributed by atoms with van der Waals surface area (Å²) in [6, 6.07) is 0. The maximum atomic E-state index is 10.9. The lowest BCUT2D eigenvalue weighted by molar-refractivity contribution is -0.140. The van der Waals surface area contributed by atoms with Gasteiger partial charge in [-0.05, 0) is 0 Å². The van der Waals surface area contributed by atoms with Crippen molar-refractivity contribution in [2.75, 3.05) is 390 Å². The van der Waals surface area contributed by atoms with E-state index in [0.29, 0.717) is 356 Å². The highest BCUT2D eigenvalue weighted by Crippen LogP contribution is 1.93. The van der Waals surface area contributed by atoms with Crippen molar-refractivity contribution >= 4 is 29.5 Å². The summed E-state index contributed by atoms with van der Waals surface area (Å²) in [6.45, 7) is 36.1. The highest BCUT2D eigenvalue weighted by molar-refractivity contribution is 6.18. The lowest BCUT2D eigenvalue weighted by Gasteiger charge is -2.09. The minimum atomic E-state index is -0.464. The second-order valence-corrected chi connectivity index (χ2v) is 19.8. The first-order valence-electron chi connectivity index (χ1n) is 35.0. The molecule has 0 unspecified atom stereocenters. The van der Waals surface area contributed by atoms with E-state index in [1.165, 1.54) is 0 Å². The zero-order chi connectivity index (χ0) is 75.1. The summed E-state index contributed by atoms with van der Waals surface area (Å²) in [6.07, 6.45) is 3.32. The second kappa shape index (κ2) is 101. The fraction of sp³-hybridized carbons (Fsp3) is 0.868. The SMILES string of the molecule is C=CC(=O)OCCCl.C=CC(=O)OCCOCCOCCOCCOCCOCCOCCOCCOCCOCCOCCOCCOCCOCCOCCOC(=O)C=C.COCCOCCOCCOCCOCCOCCOCCOCCOCCOCCOCCOCCOCCO. The number of carbonyl (C=O) groups excluding carboxylic acids is 3. The third kappa shape index (κ3) is 105. The van der Waals surface area contributed by atoms with Gasteiger partial charge in [0.05, 0.1) is 363 Å². The van der Waals surface area contributed by atoms with E-state index < -0.39 is 17.9 Å². The molecule has 612 valence electrons. The zero-order valence-electron chi connectivity index (χ0n) is 61.7. The topological polar surface area (TPSA) is 348 Å². The Morgan fingerprint density at radius 2 is 0.330 bits per heavy atom. The third-order valence-electron chi connectivity index (χ3n) is 11.4. The van der Waals surface area contributed by atoms with Crippen molar-refractivity contribution in [2.45, 2.75) is 0 Å². The molecule has 0 heterocycles. The largest absolute Gasteiger partial charge is 0.461 e. The maximum Gasteiger partial charge on any atom is 0.330 e. The second-order valence-electron chi connectivity index (χ2n) is 19.4. The molecule has 0 saturated heterocycles. The van der Waals surface area contributed by atoms with Gasteiger partial charge in [-0.25, -0.2) is 14.4 Å². The number of aliphatic hydroxyl groups excluding tert-OH is 1. The molecule has 0 fully saturated rings. The van der Waals surface area contributed by atoms with Crippen LogP contribution >= 0.6 is 11.6 Å². The van der Waals surface area contributed by atoms with Crippen LogP contribution in [0.15, 0.2) is 38.0 Å². The Morgan fingerprint density at radius 1 is 0.214 bits per heavy atom. The van der Waals surface area contributed by atoms with Gasteiger partial charge in [-0.1, -0.05) is 19.7 Å². The van der Waals surface area contributed by atoms with E-state index in [1.807, 2.05) is 0 Å². The summed E-state index contributed by atoms with van der Waals surface area (Å²) in [5, 5.41) is 8.57. The van der Waals surface area contributed by atoms with E-state index in [-0.39, 0.29) is 26.4 Å². The molecule has 0 aliphatic carbocycles. The van der Waals surface area contributed by atoms with Crippen LogP contribution in [0.1, 0.15) is 0 Å². The molecule has 0 aromatic rings. The summed E-state index contributed by atoms with van der Waals surface area (Å²) in [5.41, 5.74) is 0. The lowest BCUT2D eigenvalue weighted by atomic mass is 10.6. The van der Waals surface area contributed by atoms with Gasteiger partial charge >= 0.3 is 17.9 Å². The van der Waals surface area contributed by atoms with E-state index in [9.17, 15) is 14.4 Å². The van der Waals surface area contributed by atoms with Gasteiger partial charge in [-0.3, -0.25) is 0 Å². The Hall–Kier alpha value is -3.20. The van der Waals surface area contributed by atoms with Gasteiger partial charge in [0, 0.05) is 25.3 Å². The average molecular weight is 1530 g/mol. The number of esters is 3. The first-order valence-corrected chi connectivity index (χ1v) is 35.5. The van der Waals surface area contributed by atoms with Crippen LogP contribution in [0.3, 0.4) is 0 Å². The Bertz CT molecular complexity index is 1560. The van der Waals surface area contributed by atoms with Crippen LogP contribution in [0.2, 0.25) is 0 Å². The molecule has 0 amide bonds. The number of rotatable bonds is 88. The maximum absolute atomic E-state index is 10.9. The van der Waals surface area contributed by atoms with Crippen molar-refractivity contribution in [1.29, 1.82) is 0 Å². The van der Waals surface area contributed by atoms with Crippen molar-refractivity contribution in [3.63, 3.8) is 0 Å². The fourth-order valence-corrected chi connectivity index (χ4v) is 6.48.